The Bertz CT molecular complexity index is 1300. The number of phenols is 2. The molecule has 9 nitrogen and oxygen atoms in total. The van der Waals surface area contributed by atoms with Crippen LogP contribution in [0.3, 0.4) is 0 Å². The molecule has 0 bridgehead atoms. The average molecular weight is 431 g/mol. The third-order valence-electron chi connectivity index (χ3n) is 5.01. The zero-order chi connectivity index (χ0) is 22.8. The highest BCUT2D eigenvalue weighted by molar-refractivity contribution is 6.31. The molecule has 0 atom stereocenters. The third-order valence-corrected chi connectivity index (χ3v) is 5.01. The second kappa shape index (κ2) is 8.23. The quantitative estimate of drug-likeness (QED) is 0.160. The van der Waals surface area contributed by atoms with E-state index in [4.69, 9.17) is 0 Å². The molecule has 0 fully saturated rings. The molecule has 0 saturated carbocycles. The molecule has 32 heavy (non-hydrogen) atoms. The van der Waals surface area contributed by atoms with Gasteiger partial charge in [-0.2, -0.15) is 0 Å². The first-order chi connectivity index (χ1) is 15.3. The van der Waals surface area contributed by atoms with Gasteiger partial charge in [-0.25, -0.2) is 0 Å². The standard InChI is InChI=1S/C23H17N3O6/c27-20-7-4-13(8-21(20)28)11-24-12-19-18-10-15(5-6-17(18)22(29)25-23(19)30)14-2-1-3-16(9-14)26(31)32/h1-10,12,24,27-28H,11H2,(H,25,29,30). The monoisotopic (exact) mass is 431 g/mol. The van der Waals surface area contributed by atoms with Gasteiger partial charge in [-0.15, -0.1) is 0 Å². The minimum absolute atomic E-state index is 0.0661. The van der Waals surface area contributed by atoms with Crippen LogP contribution in [0.25, 0.3) is 16.7 Å². The lowest BCUT2D eigenvalue weighted by atomic mass is 9.91. The van der Waals surface area contributed by atoms with E-state index < -0.39 is 16.7 Å². The molecule has 1 aliphatic heterocycles. The van der Waals surface area contributed by atoms with Gasteiger partial charge >= 0.3 is 0 Å². The highest BCUT2D eigenvalue weighted by atomic mass is 16.6. The number of rotatable bonds is 5. The zero-order valence-electron chi connectivity index (χ0n) is 16.5. The highest BCUT2D eigenvalue weighted by Gasteiger charge is 2.27. The molecule has 0 aromatic heterocycles. The molecule has 4 rings (SSSR count). The molecule has 160 valence electrons. The minimum Gasteiger partial charge on any atom is -0.504 e. The van der Waals surface area contributed by atoms with E-state index in [1.165, 1.54) is 30.5 Å². The number of benzene rings is 3. The van der Waals surface area contributed by atoms with Crippen LogP contribution in [-0.4, -0.2) is 27.0 Å². The smallest absolute Gasteiger partial charge is 0.270 e. The second-order valence-corrected chi connectivity index (χ2v) is 7.11. The maximum absolute atomic E-state index is 12.5. The molecule has 0 unspecified atom stereocenters. The first-order valence-electron chi connectivity index (χ1n) is 9.53. The number of carbonyl (C=O) groups excluding carboxylic acids is 2. The number of carbonyl (C=O) groups is 2. The molecule has 3 aromatic carbocycles. The first-order valence-corrected chi connectivity index (χ1v) is 9.53. The summed E-state index contributed by atoms with van der Waals surface area (Å²) in [6.07, 6.45) is 1.46. The molecule has 9 heteroatoms. The zero-order valence-corrected chi connectivity index (χ0v) is 16.5. The minimum atomic E-state index is -0.584. The van der Waals surface area contributed by atoms with Crippen molar-refractivity contribution in [3.8, 4) is 22.6 Å². The lowest BCUT2D eigenvalue weighted by Crippen LogP contribution is -2.37. The number of non-ortho nitro benzene ring substituents is 1. The number of nitro benzene ring substituents is 1. The Morgan fingerprint density at radius 2 is 1.69 bits per heavy atom. The van der Waals surface area contributed by atoms with Crippen molar-refractivity contribution < 1.29 is 24.7 Å². The van der Waals surface area contributed by atoms with E-state index in [0.717, 1.165) is 0 Å². The summed E-state index contributed by atoms with van der Waals surface area (Å²) >= 11 is 0. The first kappa shape index (κ1) is 20.6. The van der Waals surface area contributed by atoms with E-state index in [1.54, 1.807) is 36.4 Å². The Balaban J connectivity index is 1.68. The van der Waals surface area contributed by atoms with Crippen molar-refractivity contribution in [3.05, 3.63) is 93.7 Å². The van der Waals surface area contributed by atoms with Gasteiger partial charge in [-0.3, -0.25) is 25.0 Å². The molecule has 1 aliphatic rings. The summed E-state index contributed by atoms with van der Waals surface area (Å²) in [5, 5.41) is 35.4. The van der Waals surface area contributed by atoms with Gasteiger partial charge in [0, 0.05) is 36.0 Å². The van der Waals surface area contributed by atoms with Gasteiger partial charge < -0.3 is 15.5 Å². The van der Waals surface area contributed by atoms with Crippen molar-refractivity contribution in [2.24, 2.45) is 0 Å². The van der Waals surface area contributed by atoms with Crippen LogP contribution < -0.4 is 10.6 Å². The molecule has 0 saturated heterocycles. The number of imide groups is 1. The predicted molar refractivity (Wildman–Crippen MR) is 116 cm³/mol. The van der Waals surface area contributed by atoms with Crippen molar-refractivity contribution >= 4 is 23.1 Å². The number of hydrogen-bond acceptors (Lipinski definition) is 7. The summed E-state index contributed by atoms with van der Waals surface area (Å²) in [7, 11) is 0. The Kier molecular flexibility index (Phi) is 5.30. The third kappa shape index (κ3) is 3.99. The number of nitrogens with one attached hydrogen (secondary N) is 2. The number of phenolic OH excluding ortho intramolecular Hbond substituents is 2. The van der Waals surface area contributed by atoms with Gasteiger partial charge in [-0.1, -0.05) is 24.3 Å². The molecule has 2 amide bonds. The summed E-state index contributed by atoms with van der Waals surface area (Å²) < 4.78 is 0. The van der Waals surface area contributed by atoms with Crippen LogP contribution in [0.1, 0.15) is 21.5 Å². The van der Waals surface area contributed by atoms with Gasteiger partial charge in [0.1, 0.15) is 0 Å². The fraction of sp³-hybridized carbons (Fsp3) is 0.0435. The van der Waals surface area contributed by atoms with Crippen LogP contribution in [-0.2, 0) is 11.3 Å². The molecule has 1 heterocycles. The van der Waals surface area contributed by atoms with Crippen molar-refractivity contribution in [2.75, 3.05) is 0 Å². The molecule has 0 spiro atoms. The maximum atomic E-state index is 12.5. The number of nitro groups is 1. The van der Waals surface area contributed by atoms with Crippen molar-refractivity contribution in [1.29, 1.82) is 0 Å². The Morgan fingerprint density at radius 3 is 2.44 bits per heavy atom. The van der Waals surface area contributed by atoms with Crippen LogP contribution in [0.4, 0.5) is 5.69 Å². The summed E-state index contributed by atoms with van der Waals surface area (Å²) in [4.78, 5) is 35.4. The molecule has 0 aliphatic carbocycles. The largest absolute Gasteiger partial charge is 0.504 e. The summed E-state index contributed by atoms with van der Waals surface area (Å²) in [5.41, 5.74) is 2.70. The molecular formula is C23H17N3O6. The van der Waals surface area contributed by atoms with E-state index in [1.807, 2.05) is 0 Å². The van der Waals surface area contributed by atoms with Gasteiger partial charge in [-0.05, 0) is 41.0 Å². The Hall–Kier alpha value is -4.66. The van der Waals surface area contributed by atoms with Crippen molar-refractivity contribution in [2.45, 2.75) is 6.54 Å². The van der Waals surface area contributed by atoms with E-state index in [2.05, 4.69) is 10.6 Å². The number of nitrogens with zero attached hydrogens (tertiary/aromatic N) is 1. The van der Waals surface area contributed by atoms with E-state index in [0.29, 0.717) is 27.8 Å². The number of amides is 2. The van der Waals surface area contributed by atoms with Crippen LogP contribution in [0.15, 0.2) is 66.9 Å². The van der Waals surface area contributed by atoms with Gasteiger partial charge in [0.2, 0.25) is 0 Å². The fourth-order valence-electron chi connectivity index (χ4n) is 3.40. The van der Waals surface area contributed by atoms with Gasteiger partial charge in [0.25, 0.3) is 17.5 Å². The van der Waals surface area contributed by atoms with E-state index in [9.17, 15) is 29.9 Å². The maximum Gasteiger partial charge on any atom is 0.270 e. The fourth-order valence-corrected chi connectivity index (χ4v) is 3.40. The molecule has 0 radical (unpaired) electrons. The molecule has 4 N–H and O–H groups in total. The number of fused-ring (bicyclic) bond motifs is 1. The topological polar surface area (TPSA) is 142 Å². The average Bonchev–Trinajstić information content (AvgIpc) is 2.78. The van der Waals surface area contributed by atoms with E-state index in [-0.39, 0.29) is 29.3 Å². The predicted octanol–water partition coefficient (Wildman–Crippen LogP) is 3.07. The molecule has 3 aromatic rings. The normalized spacial score (nSPS) is 14.1. The number of aromatic hydroxyl groups is 2. The van der Waals surface area contributed by atoms with Crippen molar-refractivity contribution in [3.63, 3.8) is 0 Å². The van der Waals surface area contributed by atoms with Crippen molar-refractivity contribution in [1.82, 2.24) is 10.6 Å². The van der Waals surface area contributed by atoms with Gasteiger partial charge in [0.05, 0.1) is 10.5 Å². The summed E-state index contributed by atoms with van der Waals surface area (Å²) in [5.74, 6) is -1.61. The molecular weight excluding hydrogens is 414 g/mol. The van der Waals surface area contributed by atoms with Crippen LogP contribution in [0, 0.1) is 10.1 Å². The van der Waals surface area contributed by atoms with Crippen LogP contribution in [0.2, 0.25) is 0 Å². The van der Waals surface area contributed by atoms with Crippen LogP contribution >= 0.6 is 0 Å². The lowest BCUT2D eigenvalue weighted by Gasteiger charge is -2.19. The Morgan fingerprint density at radius 1 is 0.906 bits per heavy atom. The van der Waals surface area contributed by atoms with E-state index >= 15 is 0 Å². The number of hydrogen-bond donors (Lipinski definition) is 4. The summed E-state index contributed by atoms with van der Waals surface area (Å²) in [6.45, 7) is 0.248. The van der Waals surface area contributed by atoms with Gasteiger partial charge in [0.15, 0.2) is 11.5 Å². The van der Waals surface area contributed by atoms with Crippen LogP contribution in [0.5, 0.6) is 11.5 Å². The summed E-state index contributed by atoms with van der Waals surface area (Å²) in [6, 6.07) is 15.3. The second-order valence-electron chi connectivity index (χ2n) is 7.11. The SMILES string of the molecule is O=C1NC(=O)c2ccc(-c3cccc([N+](=O)[O-])c3)cc2C1=CNCc1ccc(O)c(O)c1. The lowest BCUT2D eigenvalue weighted by molar-refractivity contribution is -0.384. The Labute approximate surface area is 181 Å². The highest BCUT2D eigenvalue weighted by Crippen LogP contribution is 2.31.